The molecule has 0 aliphatic carbocycles. The highest BCUT2D eigenvalue weighted by molar-refractivity contribution is 5.94. The predicted octanol–water partition coefficient (Wildman–Crippen LogP) is 4.59. The number of aromatic amines is 1. The molecule has 2 N–H and O–H groups in total. The van der Waals surface area contributed by atoms with Gasteiger partial charge in [-0.15, -0.1) is 10.2 Å². The molecule has 5 heteroatoms. The molecule has 0 fully saturated rings. The number of azo groups is 1. The first-order valence-corrected chi connectivity index (χ1v) is 6.48. The Bertz CT molecular complexity index is 850. The quantitative estimate of drug-likeness (QED) is 0.688. The summed E-state index contributed by atoms with van der Waals surface area (Å²) < 4.78 is 0. The van der Waals surface area contributed by atoms with Crippen molar-refractivity contribution in [2.45, 2.75) is 6.92 Å². The smallest absolute Gasteiger partial charge is 0.337 e. The minimum atomic E-state index is -1.01. The summed E-state index contributed by atoms with van der Waals surface area (Å²) in [5.74, 6) is -1.01. The number of para-hydroxylation sites is 1. The minimum Gasteiger partial charge on any atom is -0.478 e. The molecule has 0 atom stereocenters. The van der Waals surface area contributed by atoms with Crippen LogP contribution in [0.1, 0.15) is 16.1 Å². The number of aryl methyl sites for hydroxylation is 1. The fourth-order valence-corrected chi connectivity index (χ4v) is 2.24. The fraction of sp³-hybridized carbons (Fsp3) is 0.0625. The molecular weight excluding hydrogens is 266 g/mol. The number of hydrogen-bond donors (Lipinski definition) is 2. The lowest BCUT2D eigenvalue weighted by atomic mass is 10.2. The summed E-state index contributed by atoms with van der Waals surface area (Å²) in [5.41, 5.74) is 3.09. The van der Waals surface area contributed by atoms with E-state index in [1.165, 1.54) is 6.07 Å². The maximum Gasteiger partial charge on any atom is 0.337 e. The second-order valence-corrected chi connectivity index (χ2v) is 4.67. The summed E-state index contributed by atoms with van der Waals surface area (Å²) in [6.45, 7) is 1.91. The largest absolute Gasteiger partial charge is 0.478 e. The lowest BCUT2D eigenvalue weighted by molar-refractivity contribution is 0.0698. The van der Waals surface area contributed by atoms with Crippen molar-refractivity contribution < 1.29 is 9.90 Å². The molecule has 0 bridgehead atoms. The normalized spacial score (nSPS) is 11.3. The SMILES string of the molecule is Cc1[nH]c2ccccc2c1N=Nc1ccccc1C(=O)O. The van der Waals surface area contributed by atoms with Crippen molar-refractivity contribution in [3.05, 3.63) is 59.8 Å². The van der Waals surface area contributed by atoms with Gasteiger partial charge in [0.1, 0.15) is 11.4 Å². The highest BCUT2D eigenvalue weighted by atomic mass is 16.4. The van der Waals surface area contributed by atoms with Crippen LogP contribution in [0.5, 0.6) is 0 Å². The number of fused-ring (bicyclic) bond motifs is 1. The number of nitrogens with one attached hydrogen (secondary N) is 1. The lowest BCUT2D eigenvalue weighted by Gasteiger charge is -1.98. The Morgan fingerprint density at radius 3 is 2.57 bits per heavy atom. The summed E-state index contributed by atoms with van der Waals surface area (Å²) in [6.07, 6.45) is 0. The molecule has 1 heterocycles. The second kappa shape index (κ2) is 5.20. The van der Waals surface area contributed by atoms with Crippen LogP contribution in [-0.2, 0) is 0 Å². The standard InChI is InChI=1S/C16H13N3O2/c1-10-15(11-6-2-4-8-13(11)17-10)19-18-14-9-5-3-7-12(14)16(20)21/h2-9,17H,1H3,(H,20,21). The molecule has 21 heavy (non-hydrogen) atoms. The molecule has 0 saturated heterocycles. The van der Waals surface area contributed by atoms with E-state index in [1.54, 1.807) is 18.2 Å². The van der Waals surface area contributed by atoms with Crippen molar-refractivity contribution in [3.8, 4) is 0 Å². The minimum absolute atomic E-state index is 0.138. The third-order valence-corrected chi connectivity index (χ3v) is 3.25. The van der Waals surface area contributed by atoms with Crippen LogP contribution in [0.2, 0.25) is 0 Å². The van der Waals surface area contributed by atoms with Crippen LogP contribution in [-0.4, -0.2) is 16.1 Å². The summed E-state index contributed by atoms with van der Waals surface area (Å²) >= 11 is 0. The van der Waals surface area contributed by atoms with E-state index in [9.17, 15) is 4.79 Å². The molecule has 0 spiro atoms. The van der Waals surface area contributed by atoms with Crippen LogP contribution in [0.15, 0.2) is 58.8 Å². The average Bonchev–Trinajstić information content (AvgIpc) is 2.81. The van der Waals surface area contributed by atoms with E-state index >= 15 is 0 Å². The van der Waals surface area contributed by atoms with Gasteiger partial charge < -0.3 is 10.1 Å². The van der Waals surface area contributed by atoms with Gasteiger partial charge in [0.05, 0.1) is 5.56 Å². The number of carboxylic acids is 1. The Morgan fingerprint density at radius 2 is 1.76 bits per heavy atom. The molecule has 1 aromatic heterocycles. The van der Waals surface area contributed by atoms with Gasteiger partial charge in [0.25, 0.3) is 0 Å². The zero-order chi connectivity index (χ0) is 14.8. The molecule has 0 aliphatic heterocycles. The van der Waals surface area contributed by atoms with Gasteiger partial charge in [-0.25, -0.2) is 4.79 Å². The van der Waals surface area contributed by atoms with Crippen molar-refractivity contribution >= 4 is 28.2 Å². The number of hydrogen-bond acceptors (Lipinski definition) is 3. The Kier molecular flexibility index (Phi) is 3.23. The van der Waals surface area contributed by atoms with Gasteiger partial charge in [0.15, 0.2) is 0 Å². The van der Waals surface area contributed by atoms with Crippen molar-refractivity contribution in [2.75, 3.05) is 0 Å². The van der Waals surface area contributed by atoms with E-state index in [-0.39, 0.29) is 5.56 Å². The summed E-state index contributed by atoms with van der Waals surface area (Å²) in [4.78, 5) is 14.4. The first kappa shape index (κ1) is 13.1. The van der Waals surface area contributed by atoms with Gasteiger partial charge in [-0.2, -0.15) is 0 Å². The number of nitrogens with zero attached hydrogens (tertiary/aromatic N) is 2. The van der Waals surface area contributed by atoms with Crippen molar-refractivity contribution in [3.63, 3.8) is 0 Å². The van der Waals surface area contributed by atoms with Crippen molar-refractivity contribution in [2.24, 2.45) is 10.2 Å². The maximum atomic E-state index is 11.2. The molecular formula is C16H13N3O2. The van der Waals surface area contributed by atoms with Crippen LogP contribution in [0.3, 0.4) is 0 Å². The molecule has 3 aromatic rings. The van der Waals surface area contributed by atoms with E-state index in [0.717, 1.165) is 22.3 Å². The number of H-pyrrole nitrogens is 1. The third kappa shape index (κ3) is 2.41. The van der Waals surface area contributed by atoms with Crippen molar-refractivity contribution in [1.29, 1.82) is 0 Å². The number of aromatic carboxylic acids is 1. The summed E-state index contributed by atoms with van der Waals surface area (Å²) in [6, 6.07) is 14.3. The molecule has 0 aliphatic rings. The van der Waals surface area contributed by atoms with E-state index < -0.39 is 5.97 Å². The molecule has 104 valence electrons. The summed E-state index contributed by atoms with van der Waals surface area (Å²) in [7, 11) is 0. The number of benzene rings is 2. The topological polar surface area (TPSA) is 77.8 Å². The van der Waals surface area contributed by atoms with Crippen LogP contribution < -0.4 is 0 Å². The Balaban J connectivity index is 2.07. The Morgan fingerprint density at radius 1 is 1.05 bits per heavy atom. The van der Waals surface area contributed by atoms with Gasteiger partial charge in [0.2, 0.25) is 0 Å². The van der Waals surface area contributed by atoms with Gasteiger partial charge in [-0.1, -0.05) is 30.3 Å². The number of carbonyl (C=O) groups is 1. The third-order valence-electron chi connectivity index (χ3n) is 3.25. The van der Waals surface area contributed by atoms with E-state index in [0.29, 0.717) is 5.69 Å². The number of aromatic nitrogens is 1. The first-order valence-electron chi connectivity index (χ1n) is 6.48. The Labute approximate surface area is 121 Å². The van der Waals surface area contributed by atoms with Gasteiger partial charge in [-0.05, 0) is 25.1 Å². The number of rotatable bonds is 3. The Hall–Kier alpha value is -2.95. The number of carboxylic acid groups (broad SMARTS) is 1. The summed E-state index contributed by atoms with van der Waals surface area (Å²) in [5, 5.41) is 18.4. The molecule has 2 aromatic carbocycles. The van der Waals surface area contributed by atoms with Gasteiger partial charge in [0, 0.05) is 16.6 Å². The van der Waals surface area contributed by atoms with E-state index in [4.69, 9.17) is 5.11 Å². The highest BCUT2D eigenvalue weighted by Crippen LogP contribution is 2.31. The highest BCUT2D eigenvalue weighted by Gasteiger charge is 2.10. The maximum absolute atomic E-state index is 11.2. The first-order chi connectivity index (χ1) is 10.2. The van der Waals surface area contributed by atoms with Crippen LogP contribution >= 0.6 is 0 Å². The van der Waals surface area contributed by atoms with Gasteiger partial charge >= 0.3 is 5.97 Å². The molecule has 0 unspecified atom stereocenters. The zero-order valence-corrected chi connectivity index (χ0v) is 11.4. The van der Waals surface area contributed by atoms with E-state index in [2.05, 4.69) is 15.2 Å². The molecule has 0 amide bonds. The lowest BCUT2D eigenvalue weighted by Crippen LogP contribution is -1.95. The van der Waals surface area contributed by atoms with Crippen LogP contribution in [0.25, 0.3) is 10.9 Å². The van der Waals surface area contributed by atoms with Crippen LogP contribution in [0, 0.1) is 6.92 Å². The predicted molar refractivity (Wildman–Crippen MR) is 80.6 cm³/mol. The van der Waals surface area contributed by atoms with E-state index in [1.807, 2.05) is 31.2 Å². The van der Waals surface area contributed by atoms with Crippen molar-refractivity contribution in [1.82, 2.24) is 4.98 Å². The monoisotopic (exact) mass is 279 g/mol. The molecule has 5 nitrogen and oxygen atoms in total. The molecule has 3 rings (SSSR count). The molecule has 0 saturated carbocycles. The molecule has 0 radical (unpaired) electrons. The zero-order valence-electron chi connectivity index (χ0n) is 11.4. The van der Waals surface area contributed by atoms with Crippen LogP contribution in [0.4, 0.5) is 11.4 Å². The second-order valence-electron chi connectivity index (χ2n) is 4.67. The fourth-order valence-electron chi connectivity index (χ4n) is 2.24. The van der Waals surface area contributed by atoms with Gasteiger partial charge in [-0.3, -0.25) is 0 Å². The average molecular weight is 279 g/mol.